The van der Waals surface area contributed by atoms with E-state index < -0.39 is 15.6 Å². The summed E-state index contributed by atoms with van der Waals surface area (Å²) < 4.78 is 36.9. The lowest BCUT2D eigenvalue weighted by Crippen LogP contribution is -2.43. The molecular formula is C15H23NO4S. The van der Waals surface area contributed by atoms with Crippen LogP contribution in [-0.2, 0) is 10.0 Å². The second kappa shape index (κ2) is 5.50. The molecule has 0 aromatic heterocycles. The average molecular weight is 313 g/mol. The Morgan fingerprint density at radius 1 is 1.43 bits per heavy atom. The van der Waals surface area contributed by atoms with Crippen molar-refractivity contribution in [3.8, 4) is 11.5 Å². The van der Waals surface area contributed by atoms with Crippen LogP contribution in [-0.4, -0.2) is 38.2 Å². The Hall–Kier alpha value is -1.27. The number of sulfonamides is 1. The maximum absolute atomic E-state index is 12.1. The predicted octanol–water partition coefficient (Wildman–Crippen LogP) is 2.58. The topological polar surface area (TPSA) is 55.8 Å². The predicted molar refractivity (Wildman–Crippen MR) is 82.3 cm³/mol. The average Bonchev–Trinajstić information content (AvgIpc) is 2.35. The number of rotatable bonds is 4. The van der Waals surface area contributed by atoms with Gasteiger partial charge in [-0.3, -0.25) is 0 Å². The van der Waals surface area contributed by atoms with Crippen molar-refractivity contribution in [1.29, 1.82) is 0 Å². The molecule has 0 aliphatic carbocycles. The van der Waals surface area contributed by atoms with Crippen molar-refractivity contribution < 1.29 is 17.9 Å². The largest absolute Gasteiger partial charge is 0.497 e. The number of hydrogen-bond donors (Lipinski definition) is 0. The molecule has 0 saturated heterocycles. The van der Waals surface area contributed by atoms with E-state index in [1.807, 2.05) is 39.0 Å². The van der Waals surface area contributed by atoms with E-state index in [4.69, 9.17) is 9.47 Å². The van der Waals surface area contributed by atoms with Crippen molar-refractivity contribution >= 4 is 10.0 Å². The number of fused-ring (bicyclic) bond motifs is 1. The Balaban J connectivity index is 2.53. The van der Waals surface area contributed by atoms with Crippen molar-refractivity contribution in [2.45, 2.75) is 38.8 Å². The van der Waals surface area contributed by atoms with E-state index in [1.165, 1.54) is 10.6 Å². The molecule has 2 rings (SSSR count). The number of ether oxygens (including phenoxy) is 2. The quantitative estimate of drug-likeness (QED) is 0.857. The molecule has 1 unspecified atom stereocenters. The zero-order valence-electron chi connectivity index (χ0n) is 13.2. The molecule has 1 aromatic carbocycles. The highest BCUT2D eigenvalue weighted by Gasteiger charge is 2.39. The lowest BCUT2D eigenvalue weighted by atomic mass is 9.89. The van der Waals surface area contributed by atoms with Gasteiger partial charge in [-0.1, -0.05) is 13.0 Å². The summed E-state index contributed by atoms with van der Waals surface area (Å²) in [4.78, 5) is 0. The molecule has 0 bridgehead atoms. The zero-order chi connectivity index (χ0) is 15.8. The second-order valence-corrected chi connectivity index (χ2v) is 7.89. The van der Waals surface area contributed by atoms with E-state index in [0.29, 0.717) is 24.5 Å². The molecule has 1 atom stereocenters. The molecule has 1 aromatic rings. The summed E-state index contributed by atoms with van der Waals surface area (Å²) in [5, 5.41) is 0. The number of benzene rings is 1. The molecule has 0 fully saturated rings. The third-order valence-corrected chi connectivity index (χ3v) is 5.10. The first-order valence-electron chi connectivity index (χ1n) is 7.01. The normalized spacial score (nSPS) is 20.8. The van der Waals surface area contributed by atoms with Crippen LogP contribution in [0.2, 0.25) is 0 Å². The maximum atomic E-state index is 12.1. The second-order valence-electron chi connectivity index (χ2n) is 5.95. The van der Waals surface area contributed by atoms with Crippen molar-refractivity contribution in [3.63, 3.8) is 0 Å². The van der Waals surface area contributed by atoms with Gasteiger partial charge in [-0.15, -0.1) is 0 Å². The van der Waals surface area contributed by atoms with Gasteiger partial charge in [-0.2, -0.15) is 4.31 Å². The van der Waals surface area contributed by atoms with Crippen LogP contribution in [0.4, 0.5) is 0 Å². The minimum atomic E-state index is -3.28. The van der Waals surface area contributed by atoms with E-state index >= 15 is 0 Å². The van der Waals surface area contributed by atoms with Crippen LogP contribution < -0.4 is 9.47 Å². The first-order chi connectivity index (χ1) is 9.68. The molecule has 0 saturated carbocycles. The zero-order valence-corrected chi connectivity index (χ0v) is 14.0. The summed E-state index contributed by atoms with van der Waals surface area (Å²) in [6.07, 6.45) is 1.87. The third-order valence-electron chi connectivity index (χ3n) is 3.74. The molecule has 0 amide bonds. The fourth-order valence-electron chi connectivity index (χ4n) is 2.86. The molecule has 0 N–H and O–H groups in total. The van der Waals surface area contributed by atoms with Crippen LogP contribution in [0.25, 0.3) is 0 Å². The van der Waals surface area contributed by atoms with Gasteiger partial charge in [-0.05, 0) is 19.9 Å². The Morgan fingerprint density at radius 2 is 2.10 bits per heavy atom. The van der Waals surface area contributed by atoms with E-state index in [0.717, 1.165) is 5.56 Å². The third kappa shape index (κ3) is 3.32. The summed E-state index contributed by atoms with van der Waals surface area (Å²) >= 11 is 0. The molecule has 21 heavy (non-hydrogen) atoms. The van der Waals surface area contributed by atoms with Crippen LogP contribution in [0, 0.1) is 0 Å². The monoisotopic (exact) mass is 313 g/mol. The molecule has 1 heterocycles. The van der Waals surface area contributed by atoms with Crippen molar-refractivity contribution in [2.24, 2.45) is 0 Å². The molecule has 6 heteroatoms. The highest BCUT2D eigenvalue weighted by molar-refractivity contribution is 7.88. The molecule has 1 aliphatic rings. The van der Waals surface area contributed by atoms with Crippen molar-refractivity contribution in [1.82, 2.24) is 4.31 Å². The van der Waals surface area contributed by atoms with Gasteiger partial charge in [0.1, 0.15) is 17.1 Å². The highest BCUT2D eigenvalue weighted by Crippen LogP contribution is 2.44. The van der Waals surface area contributed by atoms with Crippen LogP contribution in [0.5, 0.6) is 11.5 Å². The molecule has 5 nitrogen and oxygen atoms in total. The lowest BCUT2D eigenvalue weighted by molar-refractivity contribution is 0.0510. The van der Waals surface area contributed by atoms with Crippen LogP contribution >= 0.6 is 0 Å². The van der Waals surface area contributed by atoms with Crippen molar-refractivity contribution in [3.05, 3.63) is 23.8 Å². The van der Waals surface area contributed by atoms with Gasteiger partial charge in [0.25, 0.3) is 0 Å². The van der Waals surface area contributed by atoms with E-state index in [-0.39, 0.29) is 6.04 Å². The summed E-state index contributed by atoms with van der Waals surface area (Å²) in [5.41, 5.74) is 0.463. The molecule has 118 valence electrons. The van der Waals surface area contributed by atoms with Crippen LogP contribution in [0.1, 0.15) is 38.8 Å². The Bertz CT molecular complexity index is 625. The van der Waals surface area contributed by atoms with Gasteiger partial charge in [0.2, 0.25) is 10.0 Å². The fourth-order valence-corrected chi connectivity index (χ4v) is 3.98. The summed E-state index contributed by atoms with van der Waals surface area (Å²) in [6, 6.07) is 5.33. The van der Waals surface area contributed by atoms with Crippen LogP contribution in [0.15, 0.2) is 18.2 Å². The Morgan fingerprint density at radius 3 is 2.62 bits per heavy atom. The van der Waals surface area contributed by atoms with Crippen LogP contribution in [0.3, 0.4) is 0 Å². The van der Waals surface area contributed by atoms with Gasteiger partial charge >= 0.3 is 0 Å². The van der Waals surface area contributed by atoms with Gasteiger partial charge in [0, 0.05) is 24.6 Å². The summed E-state index contributed by atoms with van der Waals surface area (Å²) in [5.74, 6) is 1.39. The minimum Gasteiger partial charge on any atom is -0.497 e. The first-order valence-corrected chi connectivity index (χ1v) is 8.86. The SMILES string of the molecule is CCN(C1CC(C)(C)Oc2cc(OC)ccc21)S(C)(=O)=O. The smallest absolute Gasteiger partial charge is 0.211 e. The van der Waals surface area contributed by atoms with Gasteiger partial charge in [-0.25, -0.2) is 8.42 Å². The minimum absolute atomic E-state index is 0.213. The van der Waals surface area contributed by atoms with Gasteiger partial charge in [0.15, 0.2) is 0 Å². The fraction of sp³-hybridized carbons (Fsp3) is 0.600. The van der Waals surface area contributed by atoms with Gasteiger partial charge < -0.3 is 9.47 Å². The molecule has 0 radical (unpaired) electrons. The number of hydrogen-bond acceptors (Lipinski definition) is 4. The number of methoxy groups -OCH3 is 1. The first kappa shape index (κ1) is 16.1. The Kier molecular flexibility index (Phi) is 4.22. The standard InChI is InChI=1S/C15H23NO4S/c1-6-16(21(5,17)18)13-10-15(2,3)20-14-9-11(19-4)7-8-12(13)14/h7-9,13H,6,10H2,1-5H3. The van der Waals surface area contributed by atoms with E-state index in [9.17, 15) is 8.42 Å². The van der Waals surface area contributed by atoms with E-state index in [1.54, 1.807) is 7.11 Å². The lowest BCUT2D eigenvalue weighted by Gasteiger charge is -2.41. The number of nitrogens with zero attached hydrogens (tertiary/aromatic N) is 1. The summed E-state index contributed by atoms with van der Waals surface area (Å²) in [7, 11) is -1.68. The Labute approximate surface area is 126 Å². The van der Waals surface area contributed by atoms with Crippen molar-refractivity contribution in [2.75, 3.05) is 19.9 Å². The van der Waals surface area contributed by atoms with E-state index in [2.05, 4.69) is 0 Å². The molecule has 1 aliphatic heterocycles. The maximum Gasteiger partial charge on any atom is 0.211 e. The highest BCUT2D eigenvalue weighted by atomic mass is 32.2. The molecule has 0 spiro atoms. The summed E-state index contributed by atoms with van der Waals surface area (Å²) in [6.45, 7) is 6.23. The molecular weight excluding hydrogens is 290 g/mol. The van der Waals surface area contributed by atoms with Gasteiger partial charge in [0.05, 0.1) is 19.4 Å².